The Balaban J connectivity index is 1.69. The Bertz CT molecular complexity index is 735. The lowest BCUT2D eigenvalue weighted by Crippen LogP contribution is -2.13. The van der Waals surface area contributed by atoms with E-state index in [1.807, 2.05) is 6.20 Å². The van der Waals surface area contributed by atoms with Gasteiger partial charge in [-0.3, -0.25) is 4.68 Å². The standard InChI is InChI=1S/C14H18N4O2S/c1-21(19,20)12-5-6-14(16-10-12)15-8-11-9-17-18-7-3-2-4-13(11)18/h5-6,9-10H,2-4,7-8H2,1H3,(H,15,16). The lowest BCUT2D eigenvalue weighted by atomic mass is 10.1. The van der Waals surface area contributed by atoms with Crippen LogP contribution in [0.25, 0.3) is 0 Å². The maximum absolute atomic E-state index is 11.4. The van der Waals surface area contributed by atoms with Gasteiger partial charge in [0.15, 0.2) is 9.84 Å². The predicted octanol–water partition coefficient (Wildman–Crippen LogP) is 1.63. The molecule has 0 fully saturated rings. The van der Waals surface area contributed by atoms with Crippen molar-refractivity contribution in [2.45, 2.75) is 37.2 Å². The summed E-state index contributed by atoms with van der Waals surface area (Å²) < 4.78 is 24.8. The summed E-state index contributed by atoms with van der Waals surface area (Å²) in [5.41, 5.74) is 2.48. The minimum absolute atomic E-state index is 0.232. The first-order valence-corrected chi connectivity index (χ1v) is 8.87. The highest BCUT2D eigenvalue weighted by Crippen LogP contribution is 2.19. The molecular formula is C14H18N4O2S. The largest absolute Gasteiger partial charge is 0.366 e. The number of anilines is 1. The number of hydrogen-bond acceptors (Lipinski definition) is 5. The predicted molar refractivity (Wildman–Crippen MR) is 79.8 cm³/mol. The second kappa shape index (κ2) is 5.48. The molecule has 1 N–H and O–H groups in total. The second-order valence-electron chi connectivity index (χ2n) is 5.30. The third kappa shape index (κ3) is 3.07. The molecule has 3 rings (SSSR count). The summed E-state index contributed by atoms with van der Waals surface area (Å²) in [5, 5.41) is 7.61. The summed E-state index contributed by atoms with van der Waals surface area (Å²) in [4.78, 5) is 4.37. The fourth-order valence-corrected chi connectivity index (χ4v) is 3.08. The third-order valence-corrected chi connectivity index (χ3v) is 4.79. The van der Waals surface area contributed by atoms with E-state index in [9.17, 15) is 8.42 Å². The molecular weight excluding hydrogens is 288 g/mol. The van der Waals surface area contributed by atoms with Crippen molar-refractivity contribution in [3.63, 3.8) is 0 Å². The van der Waals surface area contributed by atoms with Gasteiger partial charge in [-0.2, -0.15) is 5.10 Å². The Morgan fingerprint density at radius 2 is 2.14 bits per heavy atom. The van der Waals surface area contributed by atoms with Crippen molar-refractivity contribution < 1.29 is 8.42 Å². The van der Waals surface area contributed by atoms with Gasteiger partial charge >= 0.3 is 0 Å². The highest BCUT2D eigenvalue weighted by Gasteiger charge is 2.14. The molecule has 7 heteroatoms. The Hall–Kier alpha value is -1.89. The van der Waals surface area contributed by atoms with Crippen LogP contribution in [0, 0.1) is 0 Å². The minimum atomic E-state index is -3.19. The molecule has 0 saturated carbocycles. The second-order valence-corrected chi connectivity index (χ2v) is 7.32. The number of aryl methyl sites for hydroxylation is 1. The van der Waals surface area contributed by atoms with Crippen molar-refractivity contribution >= 4 is 15.7 Å². The van der Waals surface area contributed by atoms with Crippen LogP contribution in [-0.2, 0) is 29.3 Å². The Morgan fingerprint density at radius 3 is 2.86 bits per heavy atom. The van der Waals surface area contributed by atoms with Crippen LogP contribution >= 0.6 is 0 Å². The average molecular weight is 306 g/mol. The van der Waals surface area contributed by atoms with Crippen molar-refractivity contribution in [1.82, 2.24) is 14.8 Å². The van der Waals surface area contributed by atoms with Crippen molar-refractivity contribution in [1.29, 1.82) is 0 Å². The highest BCUT2D eigenvalue weighted by atomic mass is 32.2. The lowest BCUT2D eigenvalue weighted by Gasteiger charge is -2.15. The maximum atomic E-state index is 11.4. The van der Waals surface area contributed by atoms with Gasteiger partial charge in [0.05, 0.1) is 11.1 Å². The molecule has 1 aliphatic heterocycles. The molecule has 2 aromatic rings. The van der Waals surface area contributed by atoms with Gasteiger partial charge in [0.25, 0.3) is 0 Å². The average Bonchev–Trinajstić information content (AvgIpc) is 2.88. The van der Waals surface area contributed by atoms with E-state index < -0.39 is 9.84 Å². The SMILES string of the molecule is CS(=O)(=O)c1ccc(NCc2cnn3c2CCCC3)nc1. The third-order valence-electron chi connectivity index (χ3n) is 3.69. The summed E-state index contributed by atoms with van der Waals surface area (Å²) in [7, 11) is -3.19. The molecule has 0 radical (unpaired) electrons. The van der Waals surface area contributed by atoms with Crippen LogP contribution in [0.1, 0.15) is 24.1 Å². The zero-order valence-corrected chi connectivity index (χ0v) is 12.7. The number of nitrogens with one attached hydrogen (secondary N) is 1. The molecule has 1 aliphatic rings. The fourth-order valence-electron chi connectivity index (χ4n) is 2.52. The summed E-state index contributed by atoms with van der Waals surface area (Å²) >= 11 is 0. The number of fused-ring (bicyclic) bond motifs is 1. The molecule has 0 spiro atoms. The van der Waals surface area contributed by atoms with Gasteiger partial charge in [-0.1, -0.05) is 0 Å². The molecule has 21 heavy (non-hydrogen) atoms. The first-order chi connectivity index (χ1) is 10.0. The van der Waals surface area contributed by atoms with Crippen LogP contribution < -0.4 is 5.32 Å². The normalized spacial score (nSPS) is 14.7. The summed E-state index contributed by atoms with van der Waals surface area (Å²) in [6.07, 6.45) is 7.92. The van der Waals surface area contributed by atoms with Crippen LogP contribution in [0.3, 0.4) is 0 Å². The molecule has 0 atom stereocenters. The Morgan fingerprint density at radius 1 is 1.29 bits per heavy atom. The monoisotopic (exact) mass is 306 g/mol. The molecule has 0 amide bonds. The van der Waals surface area contributed by atoms with E-state index in [1.54, 1.807) is 12.1 Å². The van der Waals surface area contributed by atoms with Crippen molar-refractivity contribution in [3.05, 3.63) is 35.8 Å². The van der Waals surface area contributed by atoms with Gasteiger partial charge in [-0.15, -0.1) is 0 Å². The molecule has 0 bridgehead atoms. The van der Waals surface area contributed by atoms with Gasteiger partial charge in [-0.05, 0) is 31.4 Å². The molecule has 0 unspecified atom stereocenters. The lowest BCUT2D eigenvalue weighted by molar-refractivity contribution is 0.484. The quantitative estimate of drug-likeness (QED) is 0.929. The van der Waals surface area contributed by atoms with Crippen LogP contribution in [0.4, 0.5) is 5.82 Å². The van der Waals surface area contributed by atoms with Gasteiger partial charge in [0.1, 0.15) is 5.82 Å². The number of pyridine rings is 1. The minimum Gasteiger partial charge on any atom is -0.366 e. The van der Waals surface area contributed by atoms with Crippen LogP contribution in [0.15, 0.2) is 29.4 Å². The fraction of sp³-hybridized carbons (Fsp3) is 0.429. The summed E-state index contributed by atoms with van der Waals surface area (Å²) in [6, 6.07) is 3.25. The molecule has 3 heterocycles. The van der Waals surface area contributed by atoms with Gasteiger partial charge in [0.2, 0.25) is 0 Å². The highest BCUT2D eigenvalue weighted by molar-refractivity contribution is 7.90. The van der Waals surface area contributed by atoms with E-state index in [-0.39, 0.29) is 4.90 Å². The number of rotatable bonds is 4. The van der Waals surface area contributed by atoms with Crippen molar-refractivity contribution in [2.75, 3.05) is 11.6 Å². The van der Waals surface area contributed by atoms with E-state index in [4.69, 9.17) is 0 Å². The van der Waals surface area contributed by atoms with E-state index in [2.05, 4.69) is 20.1 Å². The van der Waals surface area contributed by atoms with E-state index in [0.29, 0.717) is 12.4 Å². The molecule has 0 aliphatic carbocycles. The zero-order valence-electron chi connectivity index (χ0n) is 11.9. The number of aromatic nitrogens is 3. The van der Waals surface area contributed by atoms with E-state index >= 15 is 0 Å². The zero-order chi connectivity index (χ0) is 14.9. The molecule has 2 aromatic heterocycles. The molecule has 6 nitrogen and oxygen atoms in total. The van der Waals surface area contributed by atoms with Gasteiger partial charge < -0.3 is 5.32 Å². The molecule has 0 saturated heterocycles. The smallest absolute Gasteiger partial charge is 0.177 e. The Labute approximate surface area is 124 Å². The van der Waals surface area contributed by atoms with Crippen molar-refractivity contribution in [3.8, 4) is 0 Å². The van der Waals surface area contributed by atoms with Gasteiger partial charge in [-0.25, -0.2) is 13.4 Å². The van der Waals surface area contributed by atoms with Gasteiger partial charge in [0, 0.05) is 36.8 Å². The van der Waals surface area contributed by atoms with E-state index in [0.717, 1.165) is 13.0 Å². The Kier molecular flexibility index (Phi) is 3.67. The van der Waals surface area contributed by atoms with Crippen LogP contribution in [0.2, 0.25) is 0 Å². The van der Waals surface area contributed by atoms with Crippen LogP contribution in [0.5, 0.6) is 0 Å². The van der Waals surface area contributed by atoms with E-state index in [1.165, 1.54) is 36.6 Å². The summed E-state index contributed by atoms with van der Waals surface area (Å²) in [5.74, 6) is 0.665. The number of sulfone groups is 1. The first kappa shape index (κ1) is 14.1. The number of hydrogen-bond donors (Lipinski definition) is 1. The summed E-state index contributed by atoms with van der Waals surface area (Å²) in [6.45, 7) is 1.65. The molecule has 112 valence electrons. The van der Waals surface area contributed by atoms with Crippen LogP contribution in [-0.4, -0.2) is 29.4 Å². The molecule has 0 aromatic carbocycles. The number of nitrogens with zero attached hydrogens (tertiary/aromatic N) is 3. The first-order valence-electron chi connectivity index (χ1n) is 6.97. The van der Waals surface area contributed by atoms with Crippen molar-refractivity contribution in [2.24, 2.45) is 0 Å². The maximum Gasteiger partial charge on any atom is 0.177 e. The topological polar surface area (TPSA) is 76.9 Å².